The Kier molecular flexibility index (Phi) is 3.65. The second-order valence-corrected chi connectivity index (χ2v) is 3.45. The summed E-state index contributed by atoms with van der Waals surface area (Å²) in [5.74, 6) is -0.873. The summed E-state index contributed by atoms with van der Waals surface area (Å²) >= 11 is 0. The Labute approximate surface area is 88.0 Å². The summed E-state index contributed by atoms with van der Waals surface area (Å²) in [7, 11) is 0. The Morgan fingerprint density at radius 3 is 2.87 bits per heavy atom. The molecule has 0 bridgehead atoms. The van der Waals surface area contributed by atoms with Crippen LogP contribution in [0, 0.1) is 0 Å². The third kappa shape index (κ3) is 2.68. The van der Waals surface area contributed by atoms with Crippen LogP contribution < -0.4 is 10.6 Å². The summed E-state index contributed by atoms with van der Waals surface area (Å²) in [6.07, 6.45) is 0.814. The van der Waals surface area contributed by atoms with Crippen LogP contribution >= 0.6 is 0 Å². The number of imide groups is 1. The van der Waals surface area contributed by atoms with Gasteiger partial charge in [-0.05, 0) is 13.3 Å². The maximum atomic E-state index is 11.5. The minimum Gasteiger partial charge on any atom is -0.338 e. The van der Waals surface area contributed by atoms with Crippen molar-refractivity contribution in [3.63, 3.8) is 0 Å². The zero-order chi connectivity index (χ0) is 11.4. The molecule has 0 spiro atoms. The van der Waals surface area contributed by atoms with Crippen LogP contribution in [0.3, 0.4) is 0 Å². The summed E-state index contributed by atoms with van der Waals surface area (Å²) in [4.78, 5) is 35.1. The molecule has 0 aromatic rings. The number of nitrogens with zero attached hydrogens (tertiary/aromatic N) is 1. The highest BCUT2D eigenvalue weighted by atomic mass is 16.2. The number of rotatable bonds is 2. The Morgan fingerprint density at radius 2 is 2.27 bits per heavy atom. The van der Waals surface area contributed by atoms with Gasteiger partial charge in [-0.3, -0.25) is 14.9 Å². The van der Waals surface area contributed by atoms with Crippen molar-refractivity contribution < 1.29 is 14.4 Å². The van der Waals surface area contributed by atoms with Gasteiger partial charge in [0.1, 0.15) is 12.6 Å². The molecule has 15 heavy (non-hydrogen) atoms. The fourth-order valence-electron chi connectivity index (χ4n) is 1.30. The first-order valence-corrected chi connectivity index (χ1v) is 4.94. The molecule has 4 amide bonds. The van der Waals surface area contributed by atoms with Crippen molar-refractivity contribution >= 4 is 17.8 Å². The summed E-state index contributed by atoms with van der Waals surface area (Å²) in [5, 5.41) is 4.80. The van der Waals surface area contributed by atoms with Gasteiger partial charge in [0, 0.05) is 6.54 Å². The molecule has 1 saturated heterocycles. The van der Waals surface area contributed by atoms with Crippen molar-refractivity contribution in [3.8, 4) is 0 Å². The molecule has 0 radical (unpaired) electrons. The average molecular weight is 213 g/mol. The molecule has 1 aliphatic heterocycles. The zero-order valence-electron chi connectivity index (χ0n) is 8.87. The van der Waals surface area contributed by atoms with Crippen LogP contribution in [0.5, 0.6) is 0 Å². The smallest absolute Gasteiger partial charge is 0.318 e. The highest BCUT2D eigenvalue weighted by Crippen LogP contribution is 2.04. The maximum Gasteiger partial charge on any atom is 0.318 e. The number of urea groups is 1. The second kappa shape index (κ2) is 4.77. The van der Waals surface area contributed by atoms with Crippen molar-refractivity contribution in [2.24, 2.45) is 0 Å². The first kappa shape index (κ1) is 11.5. The molecule has 1 atom stereocenters. The van der Waals surface area contributed by atoms with Crippen LogP contribution in [-0.2, 0) is 9.59 Å². The van der Waals surface area contributed by atoms with E-state index in [0.717, 1.165) is 6.42 Å². The number of carbonyl (C=O) groups is 3. The molecule has 2 N–H and O–H groups in total. The standard InChI is InChI=1S/C9H15N3O3/c1-3-4-10-9(15)12-5-7(13)11-8(14)6(12)2/h6H,3-5H2,1-2H3,(H,10,15)(H,11,13,14). The predicted molar refractivity (Wildman–Crippen MR) is 53.0 cm³/mol. The monoisotopic (exact) mass is 213 g/mol. The Morgan fingerprint density at radius 1 is 1.60 bits per heavy atom. The molecular formula is C9H15N3O3. The van der Waals surface area contributed by atoms with Gasteiger partial charge in [0.05, 0.1) is 0 Å². The zero-order valence-corrected chi connectivity index (χ0v) is 8.87. The van der Waals surface area contributed by atoms with Crippen molar-refractivity contribution in [2.45, 2.75) is 26.3 Å². The van der Waals surface area contributed by atoms with Gasteiger partial charge in [-0.2, -0.15) is 0 Å². The fourth-order valence-corrected chi connectivity index (χ4v) is 1.30. The molecule has 1 aliphatic rings. The molecule has 1 heterocycles. The van der Waals surface area contributed by atoms with Crippen LogP contribution in [0.15, 0.2) is 0 Å². The quantitative estimate of drug-likeness (QED) is 0.604. The van der Waals surface area contributed by atoms with Crippen molar-refractivity contribution in [1.82, 2.24) is 15.5 Å². The molecule has 84 valence electrons. The van der Waals surface area contributed by atoms with E-state index in [2.05, 4.69) is 10.6 Å². The summed E-state index contributed by atoms with van der Waals surface area (Å²) in [5.41, 5.74) is 0. The van der Waals surface area contributed by atoms with Crippen LogP contribution in [0.1, 0.15) is 20.3 Å². The third-order valence-electron chi connectivity index (χ3n) is 2.21. The average Bonchev–Trinajstić information content (AvgIpc) is 2.19. The van der Waals surface area contributed by atoms with E-state index in [1.54, 1.807) is 6.92 Å². The molecule has 0 aromatic heterocycles. The van der Waals surface area contributed by atoms with E-state index < -0.39 is 17.9 Å². The van der Waals surface area contributed by atoms with Crippen LogP contribution in [0.25, 0.3) is 0 Å². The van der Waals surface area contributed by atoms with Gasteiger partial charge in [-0.25, -0.2) is 4.79 Å². The van der Waals surface area contributed by atoms with Crippen molar-refractivity contribution in [3.05, 3.63) is 0 Å². The van der Waals surface area contributed by atoms with E-state index >= 15 is 0 Å². The normalized spacial score (nSPS) is 21.2. The molecule has 0 aromatic carbocycles. The molecular weight excluding hydrogens is 198 g/mol. The van der Waals surface area contributed by atoms with Crippen molar-refractivity contribution in [2.75, 3.05) is 13.1 Å². The number of nitrogens with one attached hydrogen (secondary N) is 2. The first-order valence-electron chi connectivity index (χ1n) is 4.94. The van der Waals surface area contributed by atoms with Gasteiger partial charge >= 0.3 is 6.03 Å². The lowest BCUT2D eigenvalue weighted by Crippen LogP contribution is -2.60. The Hall–Kier alpha value is -1.59. The number of hydrogen-bond acceptors (Lipinski definition) is 3. The molecule has 1 rings (SSSR count). The molecule has 6 heteroatoms. The van der Waals surface area contributed by atoms with E-state index in [0.29, 0.717) is 6.54 Å². The van der Waals surface area contributed by atoms with E-state index in [9.17, 15) is 14.4 Å². The molecule has 0 aliphatic carbocycles. The first-order chi connectivity index (χ1) is 7.06. The van der Waals surface area contributed by atoms with Crippen LogP contribution in [-0.4, -0.2) is 41.9 Å². The topological polar surface area (TPSA) is 78.5 Å². The van der Waals surface area contributed by atoms with Gasteiger partial charge in [0.2, 0.25) is 11.8 Å². The number of amides is 4. The number of piperazine rings is 1. The van der Waals surface area contributed by atoms with E-state index in [1.165, 1.54) is 4.90 Å². The fraction of sp³-hybridized carbons (Fsp3) is 0.667. The van der Waals surface area contributed by atoms with E-state index in [1.807, 2.05) is 6.92 Å². The molecule has 1 fully saturated rings. The SMILES string of the molecule is CCCNC(=O)N1CC(=O)NC(=O)C1C. The molecule has 6 nitrogen and oxygen atoms in total. The van der Waals surface area contributed by atoms with Crippen LogP contribution in [0.2, 0.25) is 0 Å². The van der Waals surface area contributed by atoms with E-state index in [-0.39, 0.29) is 12.6 Å². The van der Waals surface area contributed by atoms with Gasteiger partial charge in [0.25, 0.3) is 0 Å². The number of carbonyl (C=O) groups excluding carboxylic acids is 3. The number of hydrogen-bond donors (Lipinski definition) is 2. The largest absolute Gasteiger partial charge is 0.338 e. The highest BCUT2D eigenvalue weighted by Gasteiger charge is 2.33. The minimum atomic E-state index is -0.598. The van der Waals surface area contributed by atoms with Gasteiger partial charge in [-0.15, -0.1) is 0 Å². The van der Waals surface area contributed by atoms with Gasteiger partial charge in [0.15, 0.2) is 0 Å². The lowest BCUT2D eigenvalue weighted by molar-refractivity contribution is -0.137. The summed E-state index contributed by atoms with van der Waals surface area (Å²) in [6.45, 7) is 3.99. The molecule has 0 saturated carbocycles. The third-order valence-corrected chi connectivity index (χ3v) is 2.21. The predicted octanol–water partition coefficient (Wildman–Crippen LogP) is -0.547. The lowest BCUT2D eigenvalue weighted by Gasteiger charge is -2.31. The second-order valence-electron chi connectivity index (χ2n) is 3.45. The lowest BCUT2D eigenvalue weighted by atomic mass is 10.2. The molecule has 1 unspecified atom stereocenters. The van der Waals surface area contributed by atoms with Gasteiger partial charge in [-0.1, -0.05) is 6.92 Å². The minimum absolute atomic E-state index is 0.0670. The summed E-state index contributed by atoms with van der Waals surface area (Å²) < 4.78 is 0. The Bertz CT molecular complexity index is 290. The van der Waals surface area contributed by atoms with E-state index in [4.69, 9.17) is 0 Å². The summed E-state index contributed by atoms with van der Waals surface area (Å²) in [6, 6.07) is -0.966. The van der Waals surface area contributed by atoms with Gasteiger partial charge < -0.3 is 10.2 Å². The van der Waals surface area contributed by atoms with Crippen LogP contribution in [0.4, 0.5) is 4.79 Å². The van der Waals surface area contributed by atoms with Crippen molar-refractivity contribution in [1.29, 1.82) is 0 Å². The maximum absolute atomic E-state index is 11.5. The highest BCUT2D eigenvalue weighted by molar-refractivity contribution is 6.03. The Balaban J connectivity index is 2.62.